The van der Waals surface area contributed by atoms with Gasteiger partial charge in [0.15, 0.2) is 0 Å². The quantitative estimate of drug-likeness (QED) is 0.868. The summed E-state index contributed by atoms with van der Waals surface area (Å²) in [5, 5.41) is 4.50. The highest BCUT2D eigenvalue weighted by molar-refractivity contribution is 5.95. The maximum Gasteiger partial charge on any atom is 0.257 e. The summed E-state index contributed by atoms with van der Waals surface area (Å²) in [6, 6.07) is 8.23. The van der Waals surface area contributed by atoms with Crippen LogP contribution in [-0.4, -0.2) is 33.7 Å². The number of nitrogens with zero attached hydrogens (tertiary/aromatic N) is 3. The van der Waals surface area contributed by atoms with Crippen LogP contribution in [0.15, 0.2) is 30.5 Å². The van der Waals surface area contributed by atoms with E-state index in [-0.39, 0.29) is 5.91 Å². The number of hydrogen-bond acceptors (Lipinski definition) is 2. The lowest BCUT2D eigenvalue weighted by Crippen LogP contribution is -2.38. The molecule has 0 radical (unpaired) electrons. The standard InChI is InChI=1S/C19H25N3O/c1-4-18-17(19(23)21-10-8-14(2)9-11-21)13-20-22(18)16-7-5-6-15(3)12-16/h5-7,12-14H,4,8-11H2,1-3H3. The summed E-state index contributed by atoms with van der Waals surface area (Å²) in [5.74, 6) is 0.854. The van der Waals surface area contributed by atoms with Crippen LogP contribution in [0.3, 0.4) is 0 Å². The zero-order valence-electron chi connectivity index (χ0n) is 14.2. The number of aryl methyl sites for hydroxylation is 1. The van der Waals surface area contributed by atoms with Crippen LogP contribution in [0.5, 0.6) is 0 Å². The Bertz CT molecular complexity index is 696. The lowest BCUT2D eigenvalue weighted by Gasteiger charge is -2.30. The van der Waals surface area contributed by atoms with Crippen LogP contribution in [0, 0.1) is 12.8 Å². The molecule has 0 atom stereocenters. The second-order valence-electron chi connectivity index (χ2n) is 6.58. The minimum atomic E-state index is 0.132. The molecular weight excluding hydrogens is 286 g/mol. The molecule has 122 valence electrons. The first-order valence-corrected chi connectivity index (χ1v) is 8.53. The normalized spacial score (nSPS) is 15.9. The third-order valence-corrected chi connectivity index (χ3v) is 4.75. The summed E-state index contributed by atoms with van der Waals surface area (Å²) in [5.41, 5.74) is 3.97. The van der Waals surface area contributed by atoms with E-state index in [4.69, 9.17) is 0 Å². The van der Waals surface area contributed by atoms with E-state index in [0.717, 1.165) is 55.2 Å². The molecule has 4 heteroatoms. The molecule has 1 amide bonds. The van der Waals surface area contributed by atoms with E-state index in [1.54, 1.807) is 6.20 Å². The van der Waals surface area contributed by atoms with E-state index >= 15 is 0 Å². The number of likely N-dealkylation sites (tertiary alicyclic amines) is 1. The SMILES string of the molecule is CCc1c(C(=O)N2CCC(C)CC2)cnn1-c1cccc(C)c1. The fourth-order valence-corrected chi connectivity index (χ4v) is 3.26. The van der Waals surface area contributed by atoms with Gasteiger partial charge in [0, 0.05) is 13.1 Å². The van der Waals surface area contributed by atoms with Gasteiger partial charge in [-0.15, -0.1) is 0 Å². The fourth-order valence-electron chi connectivity index (χ4n) is 3.26. The molecule has 0 unspecified atom stereocenters. The number of carbonyl (C=O) groups excluding carboxylic acids is 1. The number of benzene rings is 1. The highest BCUT2D eigenvalue weighted by Gasteiger charge is 2.25. The fraction of sp³-hybridized carbons (Fsp3) is 0.474. The molecule has 23 heavy (non-hydrogen) atoms. The second kappa shape index (κ2) is 6.57. The van der Waals surface area contributed by atoms with Crippen LogP contribution in [-0.2, 0) is 6.42 Å². The van der Waals surface area contributed by atoms with Gasteiger partial charge in [-0.2, -0.15) is 5.10 Å². The van der Waals surface area contributed by atoms with Crippen LogP contribution < -0.4 is 0 Å². The van der Waals surface area contributed by atoms with Gasteiger partial charge in [-0.1, -0.05) is 26.0 Å². The molecule has 0 aliphatic carbocycles. The largest absolute Gasteiger partial charge is 0.339 e. The first-order valence-electron chi connectivity index (χ1n) is 8.53. The van der Waals surface area contributed by atoms with Crippen molar-refractivity contribution in [2.45, 2.75) is 40.0 Å². The smallest absolute Gasteiger partial charge is 0.257 e. The van der Waals surface area contributed by atoms with Crippen molar-refractivity contribution < 1.29 is 4.79 Å². The Kier molecular flexibility index (Phi) is 4.51. The third kappa shape index (κ3) is 3.16. The highest BCUT2D eigenvalue weighted by atomic mass is 16.2. The van der Waals surface area contributed by atoms with Crippen molar-refractivity contribution in [2.75, 3.05) is 13.1 Å². The van der Waals surface area contributed by atoms with Gasteiger partial charge in [0.2, 0.25) is 0 Å². The molecule has 0 N–H and O–H groups in total. The number of carbonyl (C=O) groups is 1. The average molecular weight is 311 g/mol. The Morgan fingerprint density at radius 3 is 2.70 bits per heavy atom. The van der Waals surface area contributed by atoms with Gasteiger partial charge in [0.1, 0.15) is 0 Å². The van der Waals surface area contributed by atoms with E-state index in [1.165, 1.54) is 5.56 Å². The molecule has 0 bridgehead atoms. The van der Waals surface area contributed by atoms with E-state index in [1.807, 2.05) is 21.7 Å². The van der Waals surface area contributed by atoms with Crippen LogP contribution in [0.25, 0.3) is 5.69 Å². The van der Waals surface area contributed by atoms with Crippen molar-refractivity contribution in [3.8, 4) is 5.69 Å². The maximum absolute atomic E-state index is 12.9. The van der Waals surface area contributed by atoms with Crippen molar-refractivity contribution in [3.05, 3.63) is 47.3 Å². The summed E-state index contributed by atoms with van der Waals surface area (Å²) >= 11 is 0. The Labute approximate surface area is 138 Å². The van der Waals surface area contributed by atoms with Gasteiger partial charge in [-0.25, -0.2) is 4.68 Å². The van der Waals surface area contributed by atoms with Crippen molar-refractivity contribution in [1.29, 1.82) is 0 Å². The van der Waals surface area contributed by atoms with Crippen molar-refractivity contribution in [2.24, 2.45) is 5.92 Å². The van der Waals surface area contributed by atoms with Crippen LogP contribution in [0.4, 0.5) is 0 Å². The van der Waals surface area contributed by atoms with Gasteiger partial charge in [-0.05, 0) is 49.8 Å². The molecule has 1 aromatic heterocycles. The summed E-state index contributed by atoms with van der Waals surface area (Å²) in [7, 11) is 0. The molecule has 2 aromatic rings. The highest BCUT2D eigenvalue weighted by Crippen LogP contribution is 2.22. The zero-order valence-corrected chi connectivity index (χ0v) is 14.2. The minimum Gasteiger partial charge on any atom is -0.339 e. The van der Waals surface area contributed by atoms with Crippen molar-refractivity contribution in [3.63, 3.8) is 0 Å². The first-order chi connectivity index (χ1) is 11.1. The lowest BCUT2D eigenvalue weighted by atomic mass is 9.98. The van der Waals surface area contributed by atoms with E-state index in [2.05, 4.69) is 38.0 Å². The maximum atomic E-state index is 12.9. The summed E-state index contributed by atoms with van der Waals surface area (Å²) < 4.78 is 1.91. The Hall–Kier alpha value is -2.10. The van der Waals surface area contributed by atoms with Crippen LogP contribution in [0.2, 0.25) is 0 Å². The summed E-state index contributed by atoms with van der Waals surface area (Å²) in [6.07, 6.45) is 4.72. The second-order valence-corrected chi connectivity index (χ2v) is 6.58. The first kappa shape index (κ1) is 15.8. The van der Waals surface area contributed by atoms with E-state index < -0.39 is 0 Å². The molecule has 0 spiro atoms. The minimum absolute atomic E-state index is 0.132. The van der Waals surface area contributed by atoms with Crippen LogP contribution in [0.1, 0.15) is 48.3 Å². The predicted octanol–water partition coefficient (Wildman–Crippen LogP) is 3.62. The summed E-state index contributed by atoms with van der Waals surface area (Å²) in [6.45, 7) is 8.13. The number of amides is 1. The summed E-state index contributed by atoms with van der Waals surface area (Å²) in [4.78, 5) is 14.9. The third-order valence-electron chi connectivity index (χ3n) is 4.75. The van der Waals surface area contributed by atoms with Gasteiger partial charge in [0.05, 0.1) is 23.1 Å². The molecule has 2 heterocycles. The van der Waals surface area contributed by atoms with Crippen molar-refractivity contribution in [1.82, 2.24) is 14.7 Å². The molecule has 4 nitrogen and oxygen atoms in total. The van der Waals surface area contributed by atoms with Crippen molar-refractivity contribution >= 4 is 5.91 Å². The molecule has 0 saturated carbocycles. The molecule has 1 saturated heterocycles. The number of rotatable bonds is 3. The van der Waals surface area contributed by atoms with Gasteiger partial charge >= 0.3 is 0 Å². The van der Waals surface area contributed by atoms with Gasteiger partial charge < -0.3 is 4.90 Å². The molecule has 1 fully saturated rings. The monoisotopic (exact) mass is 311 g/mol. The molecule has 3 rings (SSSR count). The Morgan fingerprint density at radius 1 is 1.30 bits per heavy atom. The number of hydrogen-bond donors (Lipinski definition) is 0. The molecule has 1 aliphatic heterocycles. The van der Waals surface area contributed by atoms with E-state index in [9.17, 15) is 4.79 Å². The average Bonchev–Trinajstić information content (AvgIpc) is 2.98. The van der Waals surface area contributed by atoms with Crippen LogP contribution >= 0.6 is 0 Å². The predicted molar refractivity (Wildman–Crippen MR) is 92.0 cm³/mol. The van der Waals surface area contributed by atoms with Gasteiger partial charge in [-0.3, -0.25) is 4.79 Å². The Balaban J connectivity index is 1.90. The Morgan fingerprint density at radius 2 is 2.04 bits per heavy atom. The molecule has 1 aromatic carbocycles. The van der Waals surface area contributed by atoms with E-state index in [0.29, 0.717) is 0 Å². The molecular formula is C19H25N3O. The topological polar surface area (TPSA) is 38.1 Å². The van der Waals surface area contributed by atoms with Gasteiger partial charge in [0.25, 0.3) is 5.91 Å². The zero-order chi connectivity index (χ0) is 16.4. The lowest BCUT2D eigenvalue weighted by molar-refractivity contribution is 0.0696. The molecule has 1 aliphatic rings. The number of piperidine rings is 1. The number of aromatic nitrogens is 2.